The fraction of sp³-hybridized carbons (Fsp3) is 0.222. The van der Waals surface area contributed by atoms with Gasteiger partial charge in [0.2, 0.25) is 0 Å². The summed E-state index contributed by atoms with van der Waals surface area (Å²) in [5.41, 5.74) is -0.616. The number of hydrogen-bond donors (Lipinski definition) is 1. The van der Waals surface area contributed by atoms with Gasteiger partial charge in [0.25, 0.3) is 0 Å². The standard InChI is InChI=1S/C9H6F4O2/c10-6-3-1-2-5(4-6)7(8(14)15)9(11,12)13/h1-4,7H,(H,14,15). The van der Waals surface area contributed by atoms with Crippen molar-refractivity contribution in [1.29, 1.82) is 0 Å². The predicted molar refractivity (Wildman–Crippen MR) is 42.8 cm³/mol. The highest BCUT2D eigenvalue weighted by atomic mass is 19.4. The summed E-state index contributed by atoms with van der Waals surface area (Å²) in [6.45, 7) is 0. The molecule has 0 saturated heterocycles. The Hall–Kier alpha value is -1.59. The molecular weight excluding hydrogens is 216 g/mol. The van der Waals surface area contributed by atoms with Crippen LogP contribution in [-0.2, 0) is 4.79 Å². The summed E-state index contributed by atoms with van der Waals surface area (Å²) in [6, 6.07) is 3.47. The maximum atomic E-state index is 12.6. The zero-order valence-corrected chi connectivity index (χ0v) is 7.25. The van der Waals surface area contributed by atoms with Crippen LogP contribution in [0, 0.1) is 5.82 Å². The Morgan fingerprint density at radius 1 is 1.33 bits per heavy atom. The van der Waals surface area contributed by atoms with E-state index in [1.165, 1.54) is 0 Å². The van der Waals surface area contributed by atoms with Crippen molar-refractivity contribution < 1.29 is 27.5 Å². The third-order valence-corrected chi connectivity index (χ3v) is 1.76. The number of carbonyl (C=O) groups is 1. The molecule has 1 aromatic rings. The Labute approximate surface area is 82.1 Å². The van der Waals surface area contributed by atoms with Crippen LogP contribution in [-0.4, -0.2) is 17.3 Å². The molecule has 15 heavy (non-hydrogen) atoms. The average Bonchev–Trinajstić information content (AvgIpc) is 1.99. The lowest BCUT2D eigenvalue weighted by molar-refractivity contribution is -0.176. The maximum absolute atomic E-state index is 12.6. The van der Waals surface area contributed by atoms with Gasteiger partial charge in [0.1, 0.15) is 5.82 Å². The van der Waals surface area contributed by atoms with E-state index in [9.17, 15) is 22.4 Å². The molecular formula is C9H6F4O2. The molecule has 82 valence electrons. The molecule has 0 spiro atoms. The summed E-state index contributed by atoms with van der Waals surface area (Å²) in [4.78, 5) is 10.4. The molecule has 0 bridgehead atoms. The van der Waals surface area contributed by atoms with Gasteiger partial charge in [0.05, 0.1) is 0 Å². The Balaban J connectivity index is 3.16. The third kappa shape index (κ3) is 2.68. The fourth-order valence-corrected chi connectivity index (χ4v) is 1.16. The molecule has 0 aromatic heterocycles. The van der Waals surface area contributed by atoms with E-state index in [-0.39, 0.29) is 0 Å². The van der Waals surface area contributed by atoms with Crippen molar-refractivity contribution in [2.75, 3.05) is 0 Å². The van der Waals surface area contributed by atoms with E-state index in [2.05, 4.69) is 0 Å². The first kappa shape index (κ1) is 11.5. The number of alkyl halides is 3. The molecule has 6 heteroatoms. The number of halogens is 4. The average molecular weight is 222 g/mol. The molecule has 1 unspecified atom stereocenters. The van der Waals surface area contributed by atoms with E-state index in [4.69, 9.17) is 5.11 Å². The lowest BCUT2D eigenvalue weighted by Crippen LogP contribution is -2.28. The lowest BCUT2D eigenvalue weighted by atomic mass is 9.99. The van der Waals surface area contributed by atoms with Gasteiger partial charge >= 0.3 is 12.1 Å². The minimum absolute atomic E-state index is 0.562. The molecule has 0 aliphatic rings. The largest absolute Gasteiger partial charge is 0.481 e. The zero-order chi connectivity index (χ0) is 11.6. The van der Waals surface area contributed by atoms with Gasteiger partial charge in [-0.25, -0.2) is 4.39 Å². The number of carboxylic acid groups (broad SMARTS) is 1. The van der Waals surface area contributed by atoms with Gasteiger partial charge in [-0.1, -0.05) is 12.1 Å². The Kier molecular flexibility index (Phi) is 2.97. The van der Waals surface area contributed by atoms with Crippen molar-refractivity contribution in [3.8, 4) is 0 Å². The first-order valence-corrected chi connectivity index (χ1v) is 3.87. The molecule has 0 saturated carbocycles. The van der Waals surface area contributed by atoms with Gasteiger partial charge in [-0.05, 0) is 17.7 Å². The van der Waals surface area contributed by atoms with Crippen LogP contribution in [0.4, 0.5) is 17.6 Å². The minimum atomic E-state index is -4.93. The number of aliphatic carboxylic acids is 1. The fourth-order valence-electron chi connectivity index (χ4n) is 1.16. The molecule has 0 aliphatic carbocycles. The van der Waals surface area contributed by atoms with Crippen molar-refractivity contribution in [1.82, 2.24) is 0 Å². The molecule has 0 aliphatic heterocycles. The molecule has 1 N–H and O–H groups in total. The van der Waals surface area contributed by atoms with Crippen LogP contribution in [0.3, 0.4) is 0 Å². The highest BCUT2D eigenvalue weighted by molar-refractivity contribution is 5.77. The second-order valence-corrected chi connectivity index (χ2v) is 2.87. The smallest absolute Gasteiger partial charge is 0.406 e. The molecule has 0 amide bonds. The lowest BCUT2D eigenvalue weighted by Gasteiger charge is -2.16. The van der Waals surface area contributed by atoms with Gasteiger partial charge in [-0.2, -0.15) is 13.2 Å². The summed E-state index contributed by atoms with van der Waals surface area (Å²) in [5.74, 6) is -5.63. The van der Waals surface area contributed by atoms with E-state index in [1.54, 1.807) is 0 Å². The summed E-state index contributed by atoms with van der Waals surface area (Å²) < 4.78 is 49.5. The molecule has 0 heterocycles. The van der Waals surface area contributed by atoms with E-state index < -0.39 is 29.4 Å². The number of rotatable bonds is 2. The molecule has 0 radical (unpaired) electrons. The van der Waals surface area contributed by atoms with Crippen molar-refractivity contribution in [2.45, 2.75) is 12.1 Å². The monoisotopic (exact) mass is 222 g/mol. The van der Waals surface area contributed by atoms with Crippen molar-refractivity contribution >= 4 is 5.97 Å². The molecule has 1 aromatic carbocycles. The molecule has 0 fully saturated rings. The molecule has 1 atom stereocenters. The summed E-state index contributed by atoms with van der Waals surface area (Å²) in [6.07, 6.45) is -4.93. The quantitative estimate of drug-likeness (QED) is 0.781. The summed E-state index contributed by atoms with van der Waals surface area (Å²) in [7, 11) is 0. The van der Waals surface area contributed by atoms with E-state index in [1.807, 2.05) is 0 Å². The zero-order valence-electron chi connectivity index (χ0n) is 7.25. The van der Waals surface area contributed by atoms with Crippen LogP contribution < -0.4 is 0 Å². The summed E-state index contributed by atoms with van der Waals surface area (Å²) >= 11 is 0. The van der Waals surface area contributed by atoms with Crippen LogP contribution >= 0.6 is 0 Å². The van der Waals surface area contributed by atoms with Crippen LogP contribution in [0.2, 0.25) is 0 Å². The molecule has 2 nitrogen and oxygen atoms in total. The van der Waals surface area contributed by atoms with Gasteiger partial charge in [0.15, 0.2) is 5.92 Å². The predicted octanol–water partition coefficient (Wildman–Crippen LogP) is 2.56. The van der Waals surface area contributed by atoms with Crippen LogP contribution in [0.5, 0.6) is 0 Å². The normalized spacial score (nSPS) is 13.6. The second kappa shape index (κ2) is 3.88. The van der Waals surface area contributed by atoms with Crippen molar-refractivity contribution in [2.24, 2.45) is 0 Å². The van der Waals surface area contributed by atoms with E-state index in [0.29, 0.717) is 6.07 Å². The summed E-state index contributed by atoms with van der Waals surface area (Å²) in [5, 5.41) is 8.41. The first-order chi connectivity index (χ1) is 6.82. The van der Waals surface area contributed by atoms with Gasteiger partial charge in [-0.15, -0.1) is 0 Å². The minimum Gasteiger partial charge on any atom is -0.481 e. The number of hydrogen-bond acceptors (Lipinski definition) is 1. The highest BCUT2D eigenvalue weighted by Gasteiger charge is 2.46. The highest BCUT2D eigenvalue weighted by Crippen LogP contribution is 2.35. The number of benzene rings is 1. The number of carboxylic acids is 1. The topological polar surface area (TPSA) is 37.3 Å². The Bertz CT molecular complexity index is 373. The maximum Gasteiger partial charge on any atom is 0.406 e. The Morgan fingerprint density at radius 2 is 1.93 bits per heavy atom. The second-order valence-electron chi connectivity index (χ2n) is 2.87. The Morgan fingerprint density at radius 3 is 2.33 bits per heavy atom. The van der Waals surface area contributed by atoms with E-state index in [0.717, 1.165) is 18.2 Å². The van der Waals surface area contributed by atoms with Crippen molar-refractivity contribution in [3.05, 3.63) is 35.6 Å². The van der Waals surface area contributed by atoms with Gasteiger partial charge < -0.3 is 5.11 Å². The third-order valence-electron chi connectivity index (χ3n) is 1.76. The van der Waals surface area contributed by atoms with Gasteiger partial charge in [0, 0.05) is 0 Å². The van der Waals surface area contributed by atoms with Crippen molar-refractivity contribution in [3.63, 3.8) is 0 Å². The van der Waals surface area contributed by atoms with Crippen LogP contribution in [0.15, 0.2) is 24.3 Å². The molecule has 1 rings (SSSR count). The SMILES string of the molecule is O=C(O)C(c1cccc(F)c1)C(F)(F)F. The van der Waals surface area contributed by atoms with Crippen LogP contribution in [0.25, 0.3) is 0 Å². The van der Waals surface area contributed by atoms with E-state index >= 15 is 0 Å². The van der Waals surface area contributed by atoms with Gasteiger partial charge in [-0.3, -0.25) is 4.79 Å². The van der Waals surface area contributed by atoms with Crippen LogP contribution in [0.1, 0.15) is 11.5 Å². The first-order valence-electron chi connectivity index (χ1n) is 3.87.